The van der Waals surface area contributed by atoms with Gasteiger partial charge in [-0.15, -0.1) is 0 Å². The number of halogens is 2. The Balaban J connectivity index is 1.79. The molecule has 1 aromatic rings. The minimum atomic E-state index is -0.0232. The largest absolute Gasteiger partial charge is 0.481 e. The summed E-state index contributed by atoms with van der Waals surface area (Å²) in [4.78, 5) is 14.1. The summed E-state index contributed by atoms with van der Waals surface area (Å²) in [5.41, 5.74) is 0. The molecule has 1 aromatic carbocycles. The molecule has 1 N–H and O–H groups in total. The van der Waals surface area contributed by atoms with Gasteiger partial charge in [0.2, 0.25) is 0 Å². The lowest BCUT2D eigenvalue weighted by molar-refractivity contribution is -0.134. The van der Waals surface area contributed by atoms with Gasteiger partial charge < -0.3 is 15.0 Å². The number of nitrogens with zero attached hydrogens (tertiary/aromatic N) is 1. The van der Waals surface area contributed by atoms with Crippen LogP contribution in [0.1, 0.15) is 19.3 Å². The van der Waals surface area contributed by atoms with Crippen LogP contribution in [0.2, 0.25) is 10.0 Å². The van der Waals surface area contributed by atoms with Gasteiger partial charge in [0.15, 0.2) is 12.4 Å². The van der Waals surface area contributed by atoms with Gasteiger partial charge in [0, 0.05) is 13.1 Å². The maximum Gasteiger partial charge on any atom is 0.260 e. The van der Waals surface area contributed by atoms with E-state index in [4.69, 9.17) is 27.9 Å². The monoisotopic (exact) mass is 344 g/mol. The van der Waals surface area contributed by atoms with Gasteiger partial charge in [-0.3, -0.25) is 4.79 Å². The Hall–Kier alpha value is -0.970. The van der Waals surface area contributed by atoms with Crippen molar-refractivity contribution in [1.29, 1.82) is 0 Å². The smallest absolute Gasteiger partial charge is 0.260 e. The second-order valence-electron chi connectivity index (χ2n) is 5.56. The highest BCUT2D eigenvalue weighted by molar-refractivity contribution is 6.37. The molecule has 0 radical (unpaired) electrons. The average Bonchev–Trinajstić information content (AvgIpc) is 2.52. The lowest BCUT2D eigenvalue weighted by atomic mass is 9.93. The van der Waals surface area contributed by atoms with Crippen molar-refractivity contribution in [3.05, 3.63) is 28.2 Å². The summed E-state index contributed by atoms with van der Waals surface area (Å²) in [6.45, 7) is 2.61. The van der Waals surface area contributed by atoms with E-state index in [1.807, 2.05) is 11.9 Å². The predicted molar refractivity (Wildman–Crippen MR) is 89.8 cm³/mol. The number of amides is 1. The van der Waals surface area contributed by atoms with Gasteiger partial charge in [-0.05, 0) is 50.9 Å². The number of rotatable bonds is 6. The molecule has 4 nitrogen and oxygen atoms in total. The molecule has 0 unspecified atom stereocenters. The van der Waals surface area contributed by atoms with Crippen molar-refractivity contribution in [3.8, 4) is 5.75 Å². The van der Waals surface area contributed by atoms with Crippen LogP contribution in [0.15, 0.2) is 18.2 Å². The summed E-state index contributed by atoms with van der Waals surface area (Å²) >= 11 is 12.1. The Labute approximate surface area is 141 Å². The van der Waals surface area contributed by atoms with E-state index in [0.29, 0.717) is 21.7 Å². The van der Waals surface area contributed by atoms with E-state index in [2.05, 4.69) is 5.32 Å². The van der Waals surface area contributed by atoms with Crippen LogP contribution in [0.5, 0.6) is 5.75 Å². The second kappa shape index (κ2) is 8.61. The highest BCUT2D eigenvalue weighted by Gasteiger charge is 2.23. The minimum Gasteiger partial charge on any atom is -0.481 e. The topological polar surface area (TPSA) is 41.6 Å². The van der Waals surface area contributed by atoms with Crippen molar-refractivity contribution in [3.63, 3.8) is 0 Å². The maximum atomic E-state index is 12.2. The van der Waals surface area contributed by atoms with Crippen LogP contribution >= 0.6 is 23.2 Å². The van der Waals surface area contributed by atoms with Crippen LogP contribution in [0.25, 0.3) is 0 Å². The molecule has 6 heteroatoms. The molecule has 0 aliphatic carbocycles. The molecule has 0 spiro atoms. The van der Waals surface area contributed by atoms with E-state index in [0.717, 1.165) is 32.5 Å². The zero-order valence-electron chi connectivity index (χ0n) is 12.8. The summed E-state index contributed by atoms with van der Waals surface area (Å²) in [7, 11) is 1.97. The third-order valence-corrected chi connectivity index (χ3v) is 4.62. The number of para-hydroxylation sites is 1. The highest BCUT2D eigenvalue weighted by atomic mass is 35.5. The molecule has 0 bridgehead atoms. The molecule has 0 atom stereocenters. The number of piperidine rings is 1. The Morgan fingerprint density at radius 2 is 1.95 bits per heavy atom. The van der Waals surface area contributed by atoms with Crippen LogP contribution in [0.4, 0.5) is 0 Å². The summed E-state index contributed by atoms with van der Waals surface area (Å²) in [5, 5.41) is 4.02. The van der Waals surface area contributed by atoms with Crippen LogP contribution in [-0.2, 0) is 4.79 Å². The van der Waals surface area contributed by atoms with E-state index in [9.17, 15) is 4.79 Å². The van der Waals surface area contributed by atoms with Crippen LogP contribution in [0.3, 0.4) is 0 Å². The zero-order valence-corrected chi connectivity index (χ0v) is 14.3. The molecular weight excluding hydrogens is 323 g/mol. The highest BCUT2D eigenvalue weighted by Crippen LogP contribution is 2.32. The van der Waals surface area contributed by atoms with Gasteiger partial charge in [-0.1, -0.05) is 29.3 Å². The number of carbonyl (C=O) groups is 1. The van der Waals surface area contributed by atoms with Gasteiger partial charge in [0.05, 0.1) is 10.0 Å². The van der Waals surface area contributed by atoms with Gasteiger partial charge in [0.25, 0.3) is 5.91 Å². The fourth-order valence-corrected chi connectivity index (χ4v) is 3.17. The van der Waals surface area contributed by atoms with Crippen molar-refractivity contribution in [2.24, 2.45) is 5.92 Å². The van der Waals surface area contributed by atoms with Gasteiger partial charge in [0.1, 0.15) is 0 Å². The third-order valence-electron chi connectivity index (χ3n) is 4.03. The molecule has 2 rings (SSSR count). The summed E-state index contributed by atoms with van der Waals surface area (Å²) < 4.78 is 5.51. The first-order valence-electron chi connectivity index (χ1n) is 7.61. The molecule has 1 aliphatic rings. The first kappa shape index (κ1) is 17.4. The SMILES string of the molecule is CNCCC1CCN(C(=O)COc2c(Cl)cccc2Cl)CC1. The van der Waals surface area contributed by atoms with E-state index < -0.39 is 0 Å². The normalized spacial score (nSPS) is 15.9. The summed E-state index contributed by atoms with van der Waals surface area (Å²) in [6.07, 6.45) is 3.28. The third kappa shape index (κ3) is 4.77. The minimum absolute atomic E-state index is 0.0111. The van der Waals surface area contributed by atoms with Crippen molar-refractivity contribution in [2.75, 3.05) is 33.3 Å². The molecule has 1 saturated heterocycles. The van der Waals surface area contributed by atoms with Crippen molar-refractivity contribution < 1.29 is 9.53 Å². The van der Waals surface area contributed by atoms with Crippen LogP contribution in [-0.4, -0.2) is 44.1 Å². The number of benzene rings is 1. The maximum absolute atomic E-state index is 12.2. The van der Waals surface area contributed by atoms with E-state index in [1.165, 1.54) is 6.42 Å². The molecule has 1 aliphatic heterocycles. The zero-order chi connectivity index (χ0) is 15.9. The molecule has 0 saturated carbocycles. The van der Waals surface area contributed by atoms with Gasteiger partial charge in [-0.25, -0.2) is 0 Å². The number of carbonyl (C=O) groups excluding carboxylic acids is 1. The average molecular weight is 345 g/mol. The first-order valence-corrected chi connectivity index (χ1v) is 8.36. The Kier molecular flexibility index (Phi) is 6.80. The standard InChI is InChI=1S/C16H22Cl2N2O2/c1-19-8-5-12-6-9-20(10-7-12)15(21)11-22-16-13(17)3-2-4-14(16)18/h2-4,12,19H,5-11H2,1H3. The number of ether oxygens (including phenoxy) is 1. The lowest BCUT2D eigenvalue weighted by Crippen LogP contribution is -2.41. The Morgan fingerprint density at radius 1 is 1.32 bits per heavy atom. The van der Waals surface area contributed by atoms with Crippen molar-refractivity contribution >= 4 is 29.1 Å². The molecule has 1 heterocycles. The Bertz CT molecular complexity index is 483. The Morgan fingerprint density at radius 3 is 2.55 bits per heavy atom. The molecule has 22 heavy (non-hydrogen) atoms. The number of likely N-dealkylation sites (tertiary alicyclic amines) is 1. The molecule has 122 valence electrons. The van der Waals surface area contributed by atoms with Crippen molar-refractivity contribution in [2.45, 2.75) is 19.3 Å². The van der Waals surface area contributed by atoms with E-state index in [1.54, 1.807) is 18.2 Å². The molecule has 0 aromatic heterocycles. The summed E-state index contributed by atoms with van der Waals surface area (Å²) in [5.74, 6) is 1.07. The number of nitrogens with one attached hydrogen (secondary N) is 1. The fraction of sp³-hybridized carbons (Fsp3) is 0.562. The van der Waals surface area contributed by atoms with Crippen LogP contribution < -0.4 is 10.1 Å². The quantitative estimate of drug-likeness (QED) is 0.861. The first-order chi connectivity index (χ1) is 10.6. The van der Waals surface area contributed by atoms with Gasteiger partial charge >= 0.3 is 0 Å². The van der Waals surface area contributed by atoms with E-state index >= 15 is 0 Å². The second-order valence-corrected chi connectivity index (χ2v) is 6.37. The van der Waals surface area contributed by atoms with E-state index in [-0.39, 0.29) is 12.5 Å². The molecular formula is C16H22Cl2N2O2. The molecule has 1 fully saturated rings. The number of hydrogen-bond acceptors (Lipinski definition) is 3. The van der Waals surface area contributed by atoms with Crippen molar-refractivity contribution in [1.82, 2.24) is 10.2 Å². The predicted octanol–water partition coefficient (Wildman–Crippen LogP) is 3.22. The number of hydrogen-bond donors (Lipinski definition) is 1. The fourth-order valence-electron chi connectivity index (χ4n) is 2.67. The molecule has 1 amide bonds. The van der Waals surface area contributed by atoms with Gasteiger partial charge in [-0.2, -0.15) is 0 Å². The lowest BCUT2D eigenvalue weighted by Gasteiger charge is -2.32. The van der Waals surface area contributed by atoms with Crippen LogP contribution in [0, 0.1) is 5.92 Å². The summed E-state index contributed by atoms with van der Waals surface area (Å²) in [6, 6.07) is 5.14.